The first kappa shape index (κ1) is 17.3. The third-order valence-corrected chi connectivity index (χ3v) is 4.87. The molecule has 0 saturated heterocycles. The third kappa shape index (κ3) is 3.95. The van der Waals surface area contributed by atoms with Crippen molar-refractivity contribution in [2.45, 2.75) is 4.90 Å². The first-order valence-corrected chi connectivity index (χ1v) is 8.91. The van der Waals surface area contributed by atoms with Crippen LogP contribution in [0, 0.1) is 5.82 Å². The molecule has 0 radical (unpaired) electrons. The first-order chi connectivity index (χ1) is 12.1. The van der Waals surface area contributed by atoms with Crippen molar-refractivity contribution in [1.82, 2.24) is 0 Å². The van der Waals surface area contributed by atoms with E-state index < -0.39 is 16.8 Å². The lowest BCUT2D eigenvalue weighted by Gasteiger charge is -2.12. The normalized spacial score (nSPS) is 11.8. The summed E-state index contributed by atoms with van der Waals surface area (Å²) >= 11 is 6.01. The molecule has 0 fully saturated rings. The number of benzene rings is 3. The van der Waals surface area contributed by atoms with Gasteiger partial charge in [-0.25, -0.2) is 8.60 Å². The molecule has 0 spiro atoms. The predicted octanol–water partition coefficient (Wildman–Crippen LogP) is 4.84. The number of carbonyl (C=O) groups excluding carboxylic acids is 1. The largest absolute Gasteiger partial charge is 0.300 e. The zero-order chi connectivity index (χ0) is 17.8. The second-order valence-electron chi connectivity index (χ2n) is 5.19. The molecule has 1 N–H and O–H groups in total. The predicted molar refractivity (Wildman–Crippen MR) is 97.8 cm³/mol. The summed E-state index contributed by atoms with van der Waals surface area (Å²) in [7, 11) is -1.86. The first-order valence-electron chi connectivity index (χ1n) is 7.38. The molecule has 25 heavy (non-hydrogen) atoms. The van der Waals surface area contributed by atoms with Gasteiger partial charge in [-0.1, -0.05) is 54.1 Å². The van der Waals surface area contributed by atoms with Crippen LogP contribution in [0.25, 0.3) is 0 Å². The Morgan fingerprint density at radius 1 is 0.960 bits per heavy atom. The van der Waals surface area contributed by atoms with Gasteiger partial charge >= 0.3 is 0 Å². The van der Waals surface area contributed by atoms with Gasteiger partial charge in [0.05, 0.1) is 10.6 Å². The van der Waals surface area contributed by atoms with Crippen molar-refractivity contribution >= 4 is 34.1 Å². The van der Waals surface area contributed by atoms with E-state index in [2.05, 4.69) is 4.72 Å². The minimum absolute atomic E-state index is 0.00978. The summed E-state index contributed by atoms with van der Waals surface area (Å²) in [6.45, 7) is 0. The molecule has 1 unspecified atom stereocenters. The SMILES string of the molecule is O=C(c1ccccc1)c1cc(Cl)ccc1NS(=O)c1ccccc1F. The Balaban J connectivity index is 1.96. The molecule has 3 aromatic rings. The number of ketones is 1. The van der Waals surface area contributed by atoms with Crippen LogP contribution in [0.15, 0.2) is 77.7 Å². The van der Waals surface area contributed by atoms with Gasteiger partial charge in [-0.3, -0.25) is 4.79 Å². The molecular weight excluding hydrogens is 361 g/mol. The lowest BCUT2D eigenvalue weighted by molar-refractivity contribution is 0.103. The van der Waals surface area contributed by atoms with Crippen molar-refractivity contribution < 1.29 is 13.4 Å². The summed E-state index contributed by atoms with van der Waals surface area (Å²) in [5, 5.41) is 0.376. The van der Waals surface area contributed by atoms with Crippen molar-refractivity contribution in [3.05, 3.63) is 94.8 Å². The van der Waals surface area contributed by atoms with Crippen molar-refractivity contribution in [3.63, 3.8) is 0 Å². The highest BCUT2D eigenvalue weighted by Gasteiger charge is 2.17. The van der Waals surface area contributed by atoms with Gasteiger partial charge in [0, 0.05) is 16.1 Å². The second kappa shape index (κ2) is 7.59. The fourth-order valence-electron chi connectivity index (χ4n) is 2.29. The van der Waals surface area contributed by atoms with Gasteiger partial charge in [0.15, 0.2) is 16.8 Å². The van der Waals surface area contributed by atoms with Crippen LogP contribution in [0.4, 0.5) is 10.1 Å². The lowest BCUT2D eigenvalue weighted by Crippen LogP contribution is -2.11. The van der Waals surface area contributed by atoms with Crippen molar-refractivity contribution in [1.29, 1.82) is 0 Å². The van der Waals surface area contributed by atoms with Gasteiger partial charge in [0.2, 0.25) is 0 Å². The molecule has 3 rings (SSSR count). The minimum atomic E-state index is -1.86. The number of rotatable bonds is 5. The Labute approximate surface area is 152 Å². The molecule has 0 aliphatic heterocycles. The van der Waals surface area contributed by atoms with Crippen LogP contribution in [-0.4, -0.2) is 9.99 Å². The minimum Gasteiger partial charge on any atom is -0.300 e. The molecule has 3 nitrogen and oxygen atoms in total. The van der Waals surface area contributed by atoms with Crippen molar-refractivity contribution in [2.24, 2.45) is 0 Å². The Morgan fingerprint density at radius 3 is 2.36 bits per heavy atom. The number of anilines is 1. The van der Waals surface area contributed by atoms with E-state index in [1.165, 1.54) is 24.3 Å². The van der Waals surface area contributed by atoms with E-state index in [0.717, 1.165) is 0 Å². The lowest BCUT2D eigenvalue weighted by atomic mass is 10.0. The number of halogens is 2. The van der Waals surface area contributed by atoms with Crippen LogP contribution in [0.2, 0.25) is 5.02 Å². The van der Waals surface area contributed by atoms with E-state index in [0.29, 0.717) is 16.3 Å². The van der Waals surface area contributed by atoms with Gasteiger partial charge in [-0.15, -0.1) is 0 Å². The van der Waals surface area contributed by atoms with Crippen molar-refractivity contribution in [2.75, 3.05) is 4.72 Å². The molecule has 126 valence electrons. The summed E-state index contributed by atoms with van der Waals surface area (Å²) in [5.41, 5.74) is 1.06. The Morgan fingerprint density at radius 2 is 1.64 bits per heavy atom. The Bertz CT molecular complexity index is 947. The molecular formula is C19H13ClFNO2S. The standard InChI is InChI=1S/C19H13ClFNO2S/c20-14-10-11-17(22-25(24)18-9-5-4-8-16(18)21)15(12-14)19(23)13-6-2-1-3-7-13/h1-12,22H. The fourth-order valence-corrected chi connectivity index (χ4v) is 3.40. The third-order valence-electron chi connectivity index (χ3n) is 3.50. The van der Waals surface area contributed by atoms with Crippen LogP contribution in [0.1, 0.15) is 15.9 Å². The van der Waals surface area contributed by atoms with Gasteiger partial charge in [-0.05, 0) is 30.3 Å². The highest BCUT2D eigenvalue weighted by molar-refractivity contribution is 7.86. The number of nitrogens with one attached hydrogen (secondary N) is 1. The van der Waals surface area contributed by atoms with Crippen LogP contribution in [0.5, 0.6) is 0 Å². The van der Waals surface area contributed by atoms with Gasteiger partial charge in [-0.2, -0.15) is 0 Å². The molecule has 3 aromatic carbocycles. The fraction of sp³-hybridized carbons (Fsp3) is 0. The Hall–Kier alpha value is -2.50. The summed E-state index contributed by atoms with van der Waals surface area (Å²) < 4.78 is 29.0. The summed E-state index contributed by atoms with van der Waals surface area (Å²) in [6.07, 6.45) is 0. The molecule has 0 aliphatic carbocycles. The smallest absolute Gasteiger partial charge is 0.195 e. The highest BCUT2D eigenvalue weighted by Crippen LogP contribution is 2.25. The van der Waals surface area contributed by atoms with Gasteiger partial charge < -0.3 is 4.72 Å². The molecule has 0 amide bonds. The molecule has 6 heteroatoms. The molecule has 0 saturated carbocycles. The summed E-state index contributed by atoms with van der Waals surface area (Å²) in [6, 6.07) is 19.1. The Kier molecular flexibility index (Phi) is 5.26. The molecule has 0 bridgehead atoms. The maximum Gasteiger partial charge on any atom is 0.195 e. The average molecular weight is 374 g/mol. The van der Waals surface area contributed by atoms with E-state index >= 15 is 0 Å². The monoisotopic (exact) mass is 373 g/mol. The molecule has 0 aromatic heterocycles. The second-order valence-corrected chi connectivity index (χ2v) is 6.80. The molecule has 0 aliphatic rings. The quantitative estimate of drug-likeness (QED) is 0.650. The zero-order valence-electron chi connectivity index (χ0n) is 12.9. The maximum absolute atomic E-state index is 13.8. The van der Waals surface area contributed by atoms with Crippen LogP contribution in [-0.2, 0) is 11.0 Å². The van der Waals surface area contributed by atoms with Crippen molar-refractivity contribution in [3.8, 4) is 0 Å². The van der Waals surface area contributed by atoms with Gasteiger partial charge in [0.25, 0.3) is 0 Å². The number of hydrogen-bond donors (Lipinski definition) is 1. The number of carbonyl (C=O) groups is 1. The highest BCUT2D eigenvalue weighted by atomic mass is 35.5. The van der Waals surface area contributed by atoms with E-state index in [-0.39, 0.29) is 16.2 Å². The summed E-state index contributed by atoms with van der Waals surface area (Å²) in [5.74, 6) is -0.852. The number of hydrogen-bond acceptors (Lipinski definition) is 2. The van der Waals surface area contributed by atoms with E-state index in [1.54, 1.807) is 48.5 Å². The van der Waals surface area contributed by atoms with E-state index in [4.69, 9.17) is 11.6 Å². The summed E-state index contributed by atoms with van der Waals surface area (Å²) in [4.78, 5) is 12.7. The average Bonchev–Trinajstić information content (AvgIpc) is 2.63. The maximum atomic E-state index is 13.8. The van der Waals surface area contributed by atoms with Crippen LogP contribution < -0.4 is 4.72 Å². The van der Waals surface area contributed by atoms with Gasteiger partial charge in [0.1, 0.15) is 5.82 Å². The van der Waals surface area contributed by atoms with E-state index in [9.17, 15) is 13.4 Å². The van der Waals surface area contributed by atoms with Crippen LogP contribution in [0.3, 0.4) is 0 Å². The zero-order valence-corrected chi connectivity index (χ0v) is 14.5. The molecule has 0 heterocycles. The molecule has 1 atom stereocenters. The van der Waals surface area contributed by atoms with Crippen LogP contribution >= 0.6 is 11.6 Å². The topological polar surface area (TPSA) is 46.2 Å². The van der Waals surface area contributed by atoms with E-state index in [1.807, 2.05) is 0 Å².